The first-order valence-electron chi connectivity index (χ1n) is 9.69. The maximum Gasteiger partial charge on any atom is 0.229 e. The summed E-state index contributed by atoms with van der Waals surface area (Å²) in [6.07, 6.45) is -6.78. The zero-order chi connectivity index (χ0) is 21.8. The van der Waals surface area contributed by atoms with Crippen molar-refractivity contribution in [1.29, 1.82) is 0 Å². The van der Waals surface area contributed by atoms with Crippen LogP contribution in [0.5, 0.6) is 11.5 Å². The minimum absolute atomic E-state index is 0.0340. The van der Waals surface area contributed by atoms with Gasteiger partial charge in [0, 0.05) is 6.42 Å². The summed E-state index contributed by atoms with van der Waals surface area (Å²) >= 11 is 0. The third-order valence-electron chi connectivity index (χ3n) is 5.14. The van der Waals surface area contributed by atoms with Gasteiger partial charge in [0.2, 0.25) is 6.29 Å². The zero-order valence-corrected chi connectivity index (χ0v) is 16.5. The number of phenolic OH excluding ortho intramolecular Hbond substituents is 1. The van der Waals surface area contributed by atoms with Crippen LogP contribution in [0.25, 0.3) is 0 Å². The maximum absolute atomic E-state index is 12.8. The van der Waals surface area contributed by atoms with Crippen molar-refractivity contribution in [2.45, 2.75) is 50.5 Å². The van der Waals surface area contributed by atoms with E-state index < -0.39 is 37.3 Å². The van der Waals surface area contributed by atoms with Gasteiger partial charge in [-0.05, 0) is 31.0 Å². The van der Waals surface area contributed by atoms with E-state index >= 15 is 0 Å². The second kappa shape index (κ2) is 9.55. The summed E-state index contributed by atoms with van der Waals surface area (Å²) in [5.41, 5.74) is 2.02. The summed E-state index contributed by atoms with van der Waals surface area (Å²) in [4.78, 5) is 12.8. The predicted octanol–water partition coefficient (Wildman–Crippen LogP) is 0.695. The van der Waals surface area contributed by atoms with E-state index in [0.29, 0.717) is 6.42 Å². The molecule has 2 aromatic carbocycles. The summed E-state index contributed by atoms with van der Waals surface area (Å²) in [6, 6.07) is 12.0. The highest BCUT2D eigenvalue weighted by molar-refractivity contribution is 6.01. The molecule has 1 aliphatic rings. The number of rotatable bonds is 7. The lowest BCUT2D eigenvalue weighted by atomic mass is 9.99. The quantitative estimate of drug-likeness (QED) is 0.415. The van der Waals surface area contributed by atoms with Crippen LogP contribution >= 0.6 is 0 Å². The molecular weight excluding hydrogens is 392 g/mol. The molecule has 1 saturated heterocycles. The van der Waals surface area contributed by atoms with Crippen molar-refractivity contribution in [1.82, 2.24) is 0 Å². The average molecular weight is 418 g/mol. The van der Waals surface area contributed by atoms with E-state index in [2.05, 4.69) is 0 Å². The monoisotopic (exact) mass is 418 g/mol. The lowest BCUT2D eigenvalue weighted by Crippen LogP contribution is -2.60. The first-order chi connectivity index (χ1) is 14.3. The molecule has 30 heavy (non-hydrogen) atoms. The highest BCUT2D eigenvalue weighted by atomic mass is 16.7. The second-order valence-corrected chi connectivity index (χ2v) is 7.37. The molecule has 0 spiro atoms. The Morgan fingerprint density at radius 1 is 1.03 bits per heavy atom. The molecule has 162 valence electrons. The fourth-order valence-electron chi connectivity index (χ4n) is 3.33. The Labute approximate surface area is 173 Å². The number of Topliss-reactive ketones (excluding diaryl/α,β-unsaturated/α-hetero) is 1. The molecule has 1 aliphatic heterocycles. The van der Waals surface area contributed by atoms with Gasteiger partial charge in [0.25, 0.3) is 0 Å². The van der Waals surface area contributed by atoms with E-state index in [1.807, 2.05) is 31.2 Å². The molecule has 1 fully saturated rings. The van der Waals surface area contributed by atoms with Crippen LogP contribution in [0, 0.1) is 6.92 Å². The van der Waals surface area contributed by atoms with E-state index in [4.69, 9.17) is 9.47 Å². The van der Waals surface area contributed by atoms with Crippen molar-refractivity contribution in [3.63, 3.8) is 0 Å². The normalized spacial score (nSPS) is 26.4. The molecular formula is C22H26O8. The average Bonchev–Trinajstić information content (AvgIpc) is 2.73. The van der Waals surface area contributed by atoms with E-state index in [0.717, 1.165) is 11.1 Å². The minimum Gasteiger partial charge on any atom is -0.507 e. The number of ether oxygens (including phenoxy) is 2. The molecule has 5 N–H and O–H groups in total. The van der Waals surface area contributed by atoms with E-state index in [9.17, 15) is 30.3 Å². The number of aryl methyl sites for hydroxylation is 2. The topological polar surface area (TPSA) is 137 Å². The van der Waals surface area contributed by atoms with Crippen molar-refractivity contribution in [3.8, 4) is 11.5 Å². The van der Waals surface area contributed by atoms with Crippen LogP contribution in [-0.2, 0) is 11.2 Å². The van der Waals surface area contributed by atoms with Gasteiger partial charge in [0.15, 0.2) is 5.78 Å². The Balaban J connectivity index is 1.77. The molecule has 5 atom stereocenters. The summed E-state index contributed by atoms with van der Waals surface area (Å²) in [6.45, 7) is 1.37. The number of aromatic hydroxyl groups is 1. The Morgan fingerprint density at radius 2 is 1.73 bits per heavy atom. The van der Waals surface area contributed by atoms with Crippen LogP contribution in [0.4, 0.5) is 0 Å². The summed E-state index contributed by atoms with van der Waals surface area (Å²) < 4.78 is 10.9. The number of carbonyl (C=O) groups excluding carboxylic acids is 1. The number of benzene rings is 2. The van der Waals surface area contributed by atoms with Crippen LogP contribution in [0.3, 0.4) is 0 Å². The number of aliphatic hydroxyl groups is 4. The standard InChI is InChI=1S/C22H26O8/c1-12-5-7-13(8-6-12)9-10-15(25)18-14(24)3-2-4-16(18)29-22-21(28)20(27)19(26)17(11-23)30-22/h2-8,17,19-24,26-28H,9-11H2,1H3/t17-,19-,20+,21-,22-/m1/s1. The van der Waals surface area contributed by atoms with Gasteiger partial charge in [0.1, 0.15) is 41.5 Å². The number of carbonyl (C=O) groups is 1. The van der Waals surface area contributed by atoms with Gasteiger partial charge in [-0.3, -0.25) is 4.79 Å². The Hall–Kier alpha value is -2.49. The van der Waals surface area contributed by atoms with Crippen LogP contribution < -0.4 is 4.74 Å². The van der Waals surface area contributed by atoms with Crippen LogP contribution in [-0.4, -0.2) is 68.6 Å². The molecule has 0 unspecified atom stereocenters. The van der Waals surface area contributed by atoms with Crippen LogP contribution in [0.15, 0.2) is 42.5 Å². The molecule has 3 rings (SSSR count). The fraction of sp³-hybridized carbons (Fsp3) is 0.409. The number of hydrogen-bond donors (Lipinski definition) is 5. The maximum atomic E-state index is 12.8. The number of ketones is 1. The molecule has 0 bridgehead atoms. The molecule has 0 amide bonds. The van der Waals surface area contributed by atoms with E-state index in [1.165, 1.54) is 18.2 Å². The highest BCUT2D eigenvalue weighted by Crippen LogP contribution is 2.32. The van der Waals surface area contributed by atoms with Gasteiger partial charge < -0.3 is 35.0 Å². The Morgan fingerprint density at radius 3 is 2.40 bits per heavy atom. The first kappa shape index (κ1) is 22.2. The van der Waals surface area contributed by atoms with Gasteiger partial charge in [0.05, 0.1) is 6.61 Å². The molecule has 2 aromatic rings. The number of hydrogen-bond acceptors (Lipinski definition) is 8. The molecule has 0 saturated carbocycles. The Bertz CT molecular complexity index is 864. The SMILES string of the molecule is Cc1ccc(CCC(=O)c2c(O)cccc2O[C@@H]2O[C@H](CO)[C@@H](O)[C@H](O)[C@H]2O)cc1. The summed E-state index contributed by atoms with van der Waals surface area (Å²) in [7, 11) is 0. The van der Waals surface area contributed by atoms with Crippen LogP contribution in [0.2, 0.25) is 0 Å². The van der Waals surface area contributed by atoms with Gasteiger partial charge in [-0.15, -0.1) is 0 Å². The molecule has 0 aliphatic carbocycles. The van der Waals surface area contributed by atoms with Gasteiger partial charge >= 0.3 is 0 Å². The summed E-state index contributed by atoms with van der Waals surface area (Å²) in [5, 5.41) is 49.5. The van der Waals surface area contributed by atoms with Crippen molar-refractivity contribution in [3.05, 3.63) is 59.2 Å². The van der Waals surface area contributed by atoms with E-state index in [-0.39, 0.29) is 29.3 Å². The molecule has 0 aromatic heterocycles. The molecule has 8 nitrogen and oxygen atoms in total. The molecule has 8 heteroatoms. The molecule has 1 heterocycles. The van der Waals surface area contributed by atoms with Crippen LogP contribution in [0.1, 0.15) is 27.9 Å². The highest BCUT2D eigenvalue weighted by Gasteiger charge is 2.45. The van der Waals surface area contributed by atoms with Crippen molar-refractivity contribution < 1.29 is 39.8 Å². The minimum atomic E-state index is -1.62. The zero-order valence-electron chi connectivity index (χ0n) is 16.5. The second-order valence-electron chi connectivity index (χ2n) is 7.37. The number of aliphatic hydroxyl groups excluding tert-OH is 4. The third-order valence-corrected chi connectivity index (χ3v) is 5.14. The van der Waals surface area contributed by atoms with Gasteiger partial charge in [-0.25, -0.2) is 0 Å². The lowest BCUT2D eigenvalue weighted by molar-refractivity contribution is -0.277. The molecule has 0 radical (unpaired) electrons. The Kier molecular flexibility index (Phi) is 7.06. The predicted molar refractivity (Wildman–Crippen MR) is 106 cm³/mol. The van der Waals surface area contributed by atoms with Crippen molar-refractivity contribution in [2.75, 3.05) is 6.61 Å². The van der Waals surface area contributed by atoms with Gasteiger partial charge in [-0.1, -0.05) is 35.9 Å². The third kappa shape index (κ3) is 4.80. The first-order valence-corrected chi connectivity index (χ1v) is 9.69. The van der Waals surface area contributed by atoms with Crippen molar-refractivity contribution >= 4 is 5.78 Å². The van der Waals surface area contributed by atoms with E-state index in [1.54, 1.807) is 0 Å². The summed E-state index contributed by atoms with van der Waals surface area (Å²) in [5.74, 6) is -0.688. The van der Waals surface area contributed by atoms with Gasteiger partial charge in [-0.2, -0.15) is 0 Å². The fourth-order valence-corrected chi connectivity index (χ4v) is 3.33. The number of phenols is 1. The lowest BCUT2D eigenvalue weighted by Gasteiger charge is -2.39. The largest absolute Gasteiger partial charge is 0.507 e. The smallest absolute Gasteiger partial charge is 0.229 e. The van der Waals surface area contributed by atoms with Crippen molar-refractivity contribution in [2.24, 2.45) is 0 Å².